The molecule has 1 rings (SSSR count). The van der Waals surface area contributed by atoms with Gasteiger partial charge in [-0.3, -0.25) is 0 Å². The van der Waals surface area contributed by atoms with E-state index >= 15 is 0 Å². The summed E-state index contributed by atoms with van der Waals surface area (Å²) in [4.78, 5) is 37.1. The summed E-state index contributed by atoms with van der Waals surface area (Å²) in [6, 6.07) is 3.44. The summed E-state index contributed by atoms with van der Waals surface area (Å²) in [7, 11) is 0. The van der Waals surface area contributed by atoms with E-state index in [9.17, 15) is 29.7 Å². The van der Waals surface area contributed by atoms with Crippen molar-refractivity contribution in [2.75, 3.05) is 0 Å². The second-order valence-electron chi connectivity index (χ2n) is 6.71. The molecule has 1 aromatic rings. The van der Waals surface area contributed by atoms with Gasteiger partial charge in [0.1, 0.15) is 0 Å². The van der Waals surface area contributed by atoms with Crippen LogP contribution in [-0.2, 0) is 14.2 Å². The van der Waals surface area contributed by atoms with Gasteiger partial charge < -0.3 is 29.5 Å². The Bertz CT molecular complexity index is 716. The van der Waals surface area contributed by atoms with Crippen LogP contribution in [0.2, 0.25) is 0 Å². The number of esters is 3. The van der Waals surface area contributed by atoms with Crippen LogP contribution in [0.3, 0.4) is 0 Å². The Balaban J connectivity index is 3.18. The molecule has 0 aromatic heterocycles. The van der Waals surface area contributed by atoms with Gasteiger partial charge in [0.15, 0.2) is 0 Å². The Morgan fingerprint density at radius 1 is 0.700 bits per heavy atom. The van der Waals surface area contributed by atoms with Crippen molar-refractivity contribution in [1.29, 1.82) is 0 Å². The predicted molar refractivity (Wildman–Crippen MR) is 105 cm³/mol. The van der Waals surface area contributed by atoms with Crippen LogP contribution >= 0.6 is 0 Å². The van der Waals surface area contributed by atoms with Crippen LogP contribution in [0, 0.1) is 0 Å². The molecule has 1 aromatic carbocycles. The quantitative estimate of drug-likeness (QED) is 0.261. The highest BCUT2D eigenvalue weighted by molar-refractivity contribution is 6.05. The van der Waals surface area contributed by atoms with Crippen LogP contribution in [0.15, 0.2) is 18.2 Å². The van der Waals surface area contributed by atoms with E-state index in [-0.39, 0.29) is 36.0 Å². The van der Waals surface area contributed by atoms with Gasteiger partial charge in [-0.1, -0.05) is 40.0 Å². The molecule has 168 valence electrons. The van der Waals surface area contributed by atoms with Gasteiger partial charge in [-0.05, 0) is 18.2 Å². The number of aliphatic hydroxyl groups excluding tert-OH is 3. The van der Waals surface area contributed by atoms with Crippen LogP contribution in [0.25, 0.3) is 0 Å². The van der Waals surface area contributed by atoms with Crippen molar-refractivity contribution in [3.63, 3.8) is 0 Å². The normalized spacial score (nSPS) is 13.8. The first kappa shape index (κ1) is 25.5. The highest BCUT2D eigenvalue weighted by atomic mass is 16.6. The monoisotopic (exact) mass is 426 g/mol. The summed E-state index contributed by atoms with van der Waals surface area (Å²) in [6.45, 7) is 5.38. The van der Waals surface area contributed by atoms with Gasteiger partial charge in [-0.15, -0.1) is 0 Å². The molecule has 0 saturated heterocycles. The van der Waals surface area contributed by atoms with Gasteiger partial charge in [0.2, 0.25) is 18.9 Å². The number of carbonyl (C=O) groups is 3. The number of benzene rings is 1. The van der Waals surface area contributed by atoms with Crippen molar-refractivity contribution in [2.24, 2.45) is 0 Å². The molecule has 3 atom stereocenters. The van der Waals surface area contributed by atoms with E-state index in [4.69, 9.17) is 14.2 Å². The lowest BCUT2D eigenvalue weighted by Gasteiger charge is -2.16. The Morgan fingerprint density at radius 2 is 1.10 bits per heavy atom. The molecule has 0 fully saturated rings. The van der Waals surface area contributed by atoms with Gasteiger partial charge in [0.05, 0.1) is 16.7 Å². The molecule has 0 bridgehead atoms. The molecule has 3 unspecified atom stereocenters. The second-order valence-corrected chi connectivity index (χ2v) is 6.71. The van der Waals surface area contributed by atoms with E-state index in [1.807, 2.05) is 0 Å². The van der Waals surface area contributed by atoms with Gasteiger partial charge >= 0.3 is 17.9 Å². The third-order valence-electron chi connectivity index (χ3n) is 4.03. The van der Waals surface area contributed by atoms with Gasteiger partial charge in [0.25, 0.3) is 0 Å². The Labute approximate surface area is 175 Å². The first-order valence-corrected chi connectivity index (χ1v) is 10.0. The van der Waals surface area contributed by atoms with Crippen molar-refractivity contribution in [3.05, 3.63) is 34.9 Å². The summed E-state index contributed by atoms with van der Waals surface area (Å²) >= 11 is 0. The average molecular weight is 426 g/mol. The Kier molecular flexibility index (Phi) is 11.0. The molecule has 9 heteroatoms. The Morgan fingerprint density at radius 3 is 1.53 bits per heavy atom. The molecule has 9 nitrogen and oxygen atoms in total. The summed E-state index contributed by atoms with van der Waals surface area (Å²) in [5.74, 6) is -2.93. The summed E-state index contributed by atoms with van der Waals surface area (Å²) in [5, 5.41) is 29.1. The maximum Gasteiger partial charge on any atom is 0.341 e. The lowest BCUT2D eigenvalue weighted by atomic mass is 10.0. The van der Waals surface area contributed by atoms with Crippen LogP contribution in [0.4, 0.5) is 0 Å². The minimum Gasteiger partial charge on any atom is -0.432 e. The molecule has 0 heterocycles. The molecule has 0 amide bonds. The predicted octanol–water partition coefficient (Wildman–Crippen LogP) is 2.51. The van der Waals surface area contributed by atoms with Crippen molar-refractivity contribution >= 4 is 17.9 Å². The fourth-order valence-electron chi connectivity index (χ4n) is 2.50. The lowest BCUT2D eigenvalue weighted by molar-refractivity contribution is -0.0721. The van der Waals surface area contributed by atoms with Crippen molar-refractivity contribution in [3.8, 4) is 0 Å². The van der Waals surface area contributed by atoms with E-state index in [1.54, 1.807) is 20.8 Å². The van der Waals surface area contributed by atoms with E-state index in [1.165, 1.54) is 6.07 Å². The highest BCUT2D eigenvalue weighted by Gasteiger charge is 2.25. The van der Waals surface area contributed by atoms with Crippen LogP contribution < -0.4 is 0 Å². The first-order chi connectivity index (χ1) is 14.2. The van der Waals surface area contributed by atoms with Crippen LogP contribution in [0.5, 0.6) is 0 Å². The molecular weight excluding hydrogens is 396 g/mol. The number of rotatable bonds is 12. The number of carbonyl (C=O) groups excluding carboxylic acids is 3. The number of hydrogen-bond acceptors (Lipinski definition) is 9. The zero-order valence-electron chi connectivity index (χ0n) is 17.5. The number of hydrogen-bond donors (Lipinski definition) is 3. The third kappa shape index (κ3) is 8.10. The van der Waals surface area contributed by atoms with Gasteiger partial charge in [0, 0.05) is 19.3 Å². The molecule has 0 aliphatic heterocycles. The maximum atomic E-state index is 12.5. The third-order valence-corrected chi connectivity index (χ3v) is 4.03. The fourth-order valence-corrected chi connectivity index (χ4v) is 2.50. The van der Waals surface area contributed by atoms with E-state index in [2.05, 4.69) is 0 Å². The molecule has 0 saturated carbocycles. The largest absolute Gasteiger partial charge is 0.432 e. The minimum atomic E-state index is -1.39. The smallest absolute Gasteiger partial charge is 0.341 e. The molecule has 3 N–H and O–H groups in total. The number of aliphatic hydroxyl groups is 3. The molecule has 0 radical (unpaired) electrons. The topological polar surface area (TPSA) is 140 Å². The SMILES string of the molecule is CCCC(O)OC(=O)c1ccc(C(=O)OC(O)CCC)c(C(=O)OC(O)CCC)c1. The Hall–Kier alpha value is -2.49. The molecule has 0 aliphatic carbocycles. The minimum absolute atomic E-state index is 0.104. The number of ether oxygens (including phenoxy) is 3. The van der Waals surface area contributed by atoms with E-state index in [0.717, 1.165) is 12.1 Å². The van der Waals surface area contributed by atoms with Crippen molar-refractivity contribution < 1.29 is 43.9 Å². The van der Waals surface area contributed by atoms with E-state index in [0.29, 0.717) is 19.3 Å². The molecule has 30 heavy (non-hydrogen) atoms. The lowest BCUT2D eigenvalue weighted by Crippen LogP contribution is -2.24. The van der Waals surface area contributed by atoms with Crippen LogP contribution in [-0.4, -0.2) is 52.1 Å². The van der Waals surface area contributed by atoms with Gasteiger partial charge in [-0.25, -0.2) is 14.4 Å². The fraction of sp³-hybridized carbons (Fsp3) is 0.571. The highest BCUT2D eigenvalue weighted by Crippen LogP contribution is 2.19. The molecular formula is C21H30O9. The summed E-state index contributed by atoms with van der Waals surface area (Å²) < 4.78 is 14.7. The standard InChI is InChI=1S/C21H30O9/c1-4-7-16(22)28-19(25)13-10-11-14(20(26)29-17(23)8-5-2)15(12-13)21(27)30-18(24)9-6-3/h10-12,16-18,22-24H,4-9H2,1-3H3. The molecule has 0 aliphatic rings. The van der Waals surface area contributed by atoms with E-state index < -0.39 is 36.8 Å². The zero-order valence-corrected chi connectivity index (χ0v) is 17.5. The van der Waals surface area contributed by atoms with Crippen LogP contribution in [0.1, 0.15) is 90.4 Å². The summed E-state index contributed by atoms with van der Waals surface area (Å²) in [5.41, 5.74) is -0.685. The molecule has 0 spiro atoms. The average Bonchev–Trinajstić information content (AvgIpc) is 2.67. The zero-order chi connectivity index (χ0) is 22.7. The van der Waals surface area contributed by atoms with Crippen molar-refractivity contribution in [1.82, 2.24) is 0 Å². The second kappa shape index (κ2) is 12.9. The van der Waals surface area contributed by atoms with Gasteiger partial charge in [-0.2, -0.15) is 0 Å². The summed E-state index contributed by atoms with van der Waals surface area (Å²) in [6.07, 6.45) is -1.71. The first-order valence-electron chi connectivity index (χ1n) is 10.0. The van der Waals surface area contributed by atoms with Crippen molar-refractivity contribution in [2.45, 2.75) is 78.2 Å². The maximum absolute atomic E-state index is 12.5.